The molecule has 5 N–H and O–H groups in total. The minimum Gasteiger partial charge on any atom is -0.480 e. The van der Waals surface area contributed by atoms with Crippen molar-refractivity contribution in [2.45, 2.75) is 64.5 Å². The highest BCUT2D eigenvalue weighted by Gasteiger charge is 2.37. The van der Waals surface area contributed by atoms with Gasteiger partial charge in [0.15, 0.2) is 13.2 Å². The molecule has 0 radical (unpaired) electrons. The lowest BCUT2D eigenvalue weighted by Gasteiger charge is -2.31. The summed E-state index contributed by atoms with van der Waals surface area (Å²) < 4.78 is 83.0. The number of benzene rings is 2. The molecule has 0 saturated heterocycles. The molecule has 3 atom stereocenters. The second-order valence-corrected chi connectivity index (χ2v) is 16.6. The molecular weight excluding hydrogens is 795 g/mol. The number of aryl methyl sites for hydroxylation is 1. The number of fused-ring (bicyclic) bond motifs is 1. The average Bonchev–Trinajstić information content (AvgIpc) is 3.33. The normalized spacial score (nSPS) is 15.5. The van der Waals surface area contributed by atoms with Crippen LogP contribution in [0.5, 0.6) is 0 Å². The number of carboxylic acids is 1. The van der Waals surface area contributed by atoms with Gasteiger partial charge in [0.1, 0.15) is 22.9 Å². The van der Waals surface area contributed by atoms with Crippen LogP contribution < -0.4 is 16.1 Å². The van der Waals surface area contributed by atoms with Crippen molar-refractivity contribution in [3.8, 4) is 5.69 Å². The molecule has 3 aromatic rings. The lowest BCUT2D eigenvalue weighted by atomic mass is 10.1. The number of alkyl halides is 3. The summed E-state index contributed by atoms with van der Waals surface area (Å²) in [5.74, 6) is -3.54. The summed E-state index contributed by atoms with van der Waals surface area (Å²) >= 11 is 11.9. The molecule has 4 rings (SSSR count). The lowest BCUT2D eigenvalue weighted by Crippen LogP contribution is -2.48. The quantitative estimate of drug-likeness (QED) is 0.121. The fourth-order valence-electron chi connectivity index (χ4n) is 4.46. The highest BCUT2D eigenvalue weighted by Crippen LogP contribution is 2.35. The highest BCUT2D eigenvalue weighted by molar-refractivity contribution is 7.91. The predicted molar refractivity (Wildman–Crippen MR) is 190 cm³/mol. The minimum absolute atomic E-state index is 0.0412. The van der Waals surface area contributed by atoms with Gasteiger partial charge in [-0.3, -0.25) is 23.7 Å². The molecule has 2 aromatic carbocycles. The van der Waals surface area contributed by atoms with E-state index < -0.39 is 70.9 Å². The first-order chi connectivity index (χ1) is 24.4. The molecule has 2 heterocycles. The highest BCUT2D eigenvalue weighted by atomic mass is 35.5. The van der Waals surface area contributed by atoms with Gasteiger partial charge in [-0.25, -0.2) is 18.1 Å². The maximum Gasteiger partial charge on any atom is 0.355 e. The Balaban J connectivity index is 0.000000306. The summed E-state index contributed by atoms with van der Waals surface area (Å²) in [5.41, 5.74) is 4.44. The van der Waals surface area contributed by atoms with Crippen LogP contribution in [0.2, 0.25) is 5.02 Å². The van der Waals surface area contributed by atoms with Gasteiger partial charge in [-0.15, -0.1) is 16.7 Å². The molecule has 1 aliphatic heterocycles. The van der Waals surface area contributed by atoms with E-state index in [4.69, 9.17) is 43.7 Å². The molecule has 0 spiro atoms. The molecular formula is C30H38Cl2F3N6O10PS. The third-order valence-electron chi connectivity index (χ3n) is 6.96. The molecule has 1 aromatic heterocycles. The van der Waals surface area contributed by atoms with Crippen LogP contribution in [-0.2, 0) is 35.5 Å². The Labute approximate surface area is 312 Å². The molecule has 294 valence electrons. The van der Waals surface area contributed by atoms with Crippen LogP contribution >= 0.6 is 30.6 Å². The number of hydrogen-bond acceptors (Lipinski definition) is 10. The molecule has 0 fully saturated rings. The molecule has 16 nitrogen and oxygen atoms in total. The van der Waals surface area contributed by atoms with Crippen molar-refractivity contribution >= 4 is 64.3 Å². The van der Waals surface area contributed by atoms with E-state index >= 15 is 0 Å². The van der Waals surface area contributed by atoms with Gasteiger partial charge in [-0.1, -0.05) is 23.7 Å². The number of rotatable bonds is 11. The summed E-state index contributed by atoms with van der Waals surface area (Å²) in [6.45, 7) is 4.30. The summed E-state index contributed by atoms with van der Waals surface area (Å²) in [7, 11) is -6.85. The topological polar surface area (TPSA) is 233 Å². The number of esters is 1. The van der Waals surface area contributed by atoms with Crippen molar-refractivity contribution in [2.75, 3.05) is 24.2 Å². The predicted octanol–water partition coefficient (Wildman–Crippen LogP) is 4.14. The molecule has 0 saturated carbocycles. The van der Waals surface area contributed by atoms with E-state index in [1.807, 2.05) is 0 Å². The first kappa shape index (κ1) is 45.2. The van der Waals surface area contributed by atoms with Gasteiger partial charge in [-0.2, -0.15) is 21.9 Å². The number of aromatic nitrogens is 3. The number of para-hydroxylation sites is 1. The number of anilines is 1. The average molecular weight is 834 g/mol. The van der Waals surface area contributed by atoms with Crippen LogP contribution in [0.25, 0.3) is 5.69 Å². The van der Waals surface area contributed by atoms with Crippen molar-refractivity contribution in [1.82, 2.24) is 18.7 Å². The van der Waals surface area contributed by atoms with Crippen molar-refractivity contribution < 1.29 is 55.3 Å². The largest absolute Gasteiger partial charge is 0.480 e. The summed E-state index contributed by atoms with van der Waals surface area (Å²) in [6.07, 6.45) is -0.115. The van der Waals surface area contributed by atoms with E-state index in [2.05, 4.69) is 9.82 Å². The van der Waals surface area contributed by atoms with E-state index in [1.165, 1.54) is 13.6 Å². The van der Waals surface area contributed by atoms with Gasteiger partial charge < -0.3 is 20.5 Å². The Kier molecular flexibility index (Phi) is 16.1. The van der Waals surface area contributed by atoms with E-state index in [9.17, 15) is 45.3 Å². The molecule has 3 unspecified atom stereocenters. The number of nitrogens with zero attached hydrogens (tertiary/aromatic N) is 4. The number of nitrogens with two attached hydrogens (primary N) is 1. The first-order valence-corrected chi connectivity index (χ1v) is 20.0. The Morgan fingerprint density at radius 2 is 1.77 bits per heavy atom. The van der Waals surface area contributed by atoms with Crippen LogP contribution in [0.3, 0.4) is 0 Å². The number of nitrogens with one attached hydrogen (secondary N) is 1. The fraction of sp³-hybridized carbons (Fsp3) is 0.433. The van der Waals surface area contributed by atoms with E-state index in [0.717, 1.165) is 16.4 Å². The molecule has 23 heteroatoms. The van der Waals surface area contributed by atoms with Crippen molar-refractivity contribution in [3.63, 3.8) is 0 Å². The standard InChI is InChI=1S/C15H14Cl2F3N3O3.C10H12N2O3S.C5H12NO4P/c1-3-26-13(24)10(17)4-8-5-12(11(18)6-9(8)16)23-15(25)22(14(19)20)7(2)21-23;1-7(2)12-10(13)8-5-3-4-6-9(8)11-16(12,14)15;1-11(9,10)3-2-4(6)5(7)8/h5-6,10,14H,3-4H2,1-2H3;3-7,11H,1-2H3;4H,2-3,6H2,1H3,(H,7,8)(H,9,10). The van der Waals surface area contributed by atoms with Crippen LogP contribution in [0.1, 0.15) is 55.5 Å². The SMILES string of the molecule is CC(C)N1C(=O)c2ccccc2NS1(=O)=O.CCOC(=O)C(Cl)Cc1cc(-n2nc(C)n(C(F)F)c2=O)c(F)cc1Cl.CP(=O)(O)CCC(N)C(=O)O. The smallest absolute Gasteiger partial charge is 0.355 e. The van der Waals surface area contributed by atoms with Gasteiger partial charge in [0, 0.05) is 30.3 Å². The van der Waals surface area contributed by atoms with Gasteiger partial charge in [0.2, 0.25) is 0 Å². The molecule has 1 aliphatic rings. The maximum absolute atomic E-state index is 14.2. The zero-order chi connectivity index (χ0) is 40.6. The zero-order valence-electron chi connectivity index (χ0n) is 28.9. The van der Waals surface area contributed by atoms with E-state index in [1.54, 1.807) is 45.0 Å². The fourth-order valence-corrected chi connectivity index (χ4v) is 7.10. The molecule has 53 heavy (non-hydrogen) atoms. The van der Waals surface area contributed by atoms with Crippen LogP contribution in [0, 0.1) is 12.7 Å². The zero-order valence-corrected chi connectivity index (χ0v) is 32.1. The van der Waals surface area contributed by atoms with Crippen molar-refractivity contribution in [2.24, 2.45) is 5.73 Å². The molecule has 0 bridgehead atoms. The van der Waals surface area contributed by atoms with Crippen LogP contribution in [0.4, 0.5) is 18.9 Å². The third-order valence-corrected chi connectivity index (χ3v) is 10.3. The maximum atomic E-state index is 14.2. The lowest BCUT2D eigenvalue weighted by molar-refractivity contribution is -0.142. The Morgan fingerprint density at radius 3 is 2.28 bits per heavy atom. The van der Waals surface area contributed by atoms with E-state index in [-0.39, 0.29) is 52.3 Å². The van der Waals surface area contributed by atoms with Gasteiger partial charge in [0.25, 0.3) is 5.91 Å². The Morgan fingerprint density at radius 1 is 1.17 bits per heavy atom. The van der Waals surface area contributed by atoms with Crippen molar-refractivity contribution in [1.29, 1.82) is 0 Å². The monoisotopic (exact) mass is 832 g/mol. The number of amides is 1. The summed E-state index contributed by atoms with van der Waals surface area (Å²) in [6, 6.07) is 7.15. The number of ether oxygens (including phenoxy) is 1. The number of halogens is 5. The first-order valence-electron chi connectivity index (χ1n) is 15.4. The summed E-state index contributed by atoms with van der Waals surface area (Å²) in [5, 5.41) is 10.8. The molecule has 1 amide bonds. The number of carbonyl (C=O) groups excluding carboxylic acids is 2. The van der Waals surface area contributed by atoms with E-state index in [0.29, 0.717) is 15.9 Å². The Hall–Kier alpha value is -3.94. The van der Waals surface area contributed by atoms with Gasteiger partial charge in [0.05, 0.1) is 17.9 Å². The number of hydrogen-bond donors (Lipinski definition) is 4. The van der Waals surface area contributed by atoms with Crippen LogP contribution in [0.15, 0.2) is 41.2 Å². The third kappa shape index (κ3) is 12.3. The Bertz CT molecular complexity index is 2030. The minimum atomic E-state index is -3.75. The number of carboxylic acid groups (broad SMARTS) is 1. The second-order valence-electron chi connectivity index (χ2n) is 11.6. The second kappa shape index (κ2) is 18.9. The van der Waals surface area contributed by atoms with Gasteiger partial charge >= 0.3 is 34.4 Å². The van der Waals surface area contributed by atoms with Crippen molar-refractivity contribution in [3.05, 3.63) is 74.7 Å². The van der Waals surface area contributed by atoms with Crippen LogP contribution in [-0.4, -0.2) is 91.8 Å². The van der Waals surface area contributed by atoms with Gasteiger partial charge in [-0.05, 0) is 63.9 Å². The summed E-state index contributed by atoms with van der Waals surface area (Å²) in [4.78, 5) is 54.6. The number of aliphatic carboxylic acids is 1. The number of carbonyl (C=O) groups is 3. The molecule has 0 aliphatic carbocycles.